The quantitative estimate of drug-likeness (QED) is 0.451. The highest BCUT2D eigenvalue weighted by Gasteiger charge is 2.57. The van der Waals surface area contributed by atoms with Gasteiger partial charge in [0.25, 0.3) is 0 Å². The van der Waals surface area contributed by atoms with Crippen molar-refractivity contribution < 1.29 is 10.2 Å². The predicted octanol–water partition coefficient (Wildman–Crippen LogP) is 7.08. The summed E-state index contributed by atoms with van der Waals surface area (Å²) < 4.78 is 0. The molecule has 0 aromatic carbocycles. The topological polar surface area (TPSA) is 40.5 Å². The summed E-state index contributed by atoms with van der Waals surface area (Å²) in [4.78, 5) is 0. The monoisotopic (exact) mass is 432 g/mol. The Balaban J connectivity index is 1.42. The fourth-order valence-corrected chi connectivity index (χ4v) is 9.48. The van der Waals surface area contributed by atoms with Crippen molar-refractivity contribution in [2.45, 2.75) is 124 Å². The zero-order chi connectivity index (χ0) is 22.3. The van der Waals surface area contributed by atoms with Gasteiger partial charge in [0, 0.05) is 0 Å². The second kappa shape index (κ2) is 9.65. The zero-order valence-corrected chi connectivity index (χ0v) is 21.2. The first-order chi connectivity index (χ1) is 14.8. The SMILES string of the molecule is CCC(O)C1CC[C@@H]2CC[C@@H]3[C@H](CC[C@]4(C)[C@@H]([C@H](C)CC[C@H](O)C(C)C)CC[C@@H]34)[C@H]2C1. The number of fused-ring (bicyclic) bond motifs is 5. The average Bonchev–Trinajstić information content (AvgIpc) is 3.13. The first-order valence-electron chi connectivity index (χ1n) is 14.1. The molecule has 11 atom stereocenters. The molecule has 4 aliphatic carbocycles. The minimum Gasteiger partial charge on any atom is -0.393 e. The Labute approximate surface area is 193 Å². The van der Waals surface area contributed by atoms with Gasteiger partial charge in [0.05, 0.1) is 12.2 Å². The lowest BCUT2D eigenvalue weighted by atomic mass is 9.48. The Morgan fingerprint density at radius 3 is 2.29 bits per heavy atom. The van der Waals surface area contributed by atoms with E-state index in [0.29, 0.717) is 17.3 Å². The highest BCUT2D eigenvalue weighted by Crippen LogP contribution is 2.65. The third-order valence-corrected chi connectivity index (χ3v) is 11.4. The maximum Gasteiger partial charge on any atom is 0.0565 e. The number of hydrogen-bond donors (Lipinski definition) is 2. The van der Waals surface area contributed by atoms with Crippen molar-refractivity contribution in [3.8, 4) is 0 Å². The molecule has 0 aromatic rings. The van der Waals surface area contributed by atoms with Crippen LogP contribution in [0.2, 0.25) is 0 Å². The van der Waals surface area contributed by atoms with E-state index in [1.807, 2.05) is 0 Å². The Morgan fingerprint density at radius 2 is 1.58 bits per heavy atom. The lowest BCUT2D eigenvalue weighted by Gasteiger charge is -2.57. The van der Waals surface area contributed by atoms with E-state index in [9.17, 15) is 10.2 Å². The average molecular weight is 433 g/mol. The summed E-state index contributed by atoms with van der Waals surface area (Å²) in [5.74, 6) is 7.26. The zero-order valence-electron chi connectivity index (χ0n) is 21.2. The van der Waals surface area contributed by atoms with Gasteiger partial charge in [-0.25, -0.2) is 0 Å². The second-order valence-corrected chi connectivity index (χ2v) is 13.1. The highest BCUT2D eigenvalue weighted by molar-refractivity contribution is 5.07. The van der Waals surface area contributed by atoms with Crippen LogP contribution in [0.4, 0.5) is 0 Å². The van der Waals surface area contributed by atoms with Crippen LogP contribution in [0.5, 0.6) is 0 Å². The molecule has 0 radical (unpaired) electrons. The van der Waals surface area contributed by atoms with Gasteiger partial charge in [-0.1, -0.05) is 34.6 Å². The lowest BCUT2D eigenvalue weighted by molar-refractivity contribution is -0.0842. The van der Waals surface area contributed by atoms with Crippen LogP contribution in [0.25, 0.3) is 0 Å². The first kappa shape index (κ1) is 24.1. The first-order valence-corrected chi connectivity index (χ1v) is 14.1. The Kier molecular flexibility index (Phi) is 7.49. The van der Waals surface area contributed by atoms with Gasteiger partial charge in [-0.05, 0) is 136 Å². The van der Waals surface area contributed by atoms with E-state index >= 15 is 0 Å². The summed E-state index contributed by atoms with van der Waals surface area (Å²) in [6.07, 6.45) is 15.6. The van der Waals surface area contributed by atoms with E-state index in [1.165, 1.54) is 64.2 Å². The fraction of sp³-hybridized carbons (Fsp3) is 1.00. The predicted molar refractivity (Wildman–Crippen MR) is 130 cm³/mol. The van der Waals surface area contributed by atoms with Gasteiger partial charge >= 0.3 is 0 Å². The van der Waals surface area contributed by atoms with E-state index in [-0.39, 0.29) is 12.2 Å². The molecule has 4 aliphatic rings. The Bertz CT molecular complexity index is 587. The summed E-state index contributed by atoms with van der Waals surface area (Å²) >= 11 is 0. The molecular weight excluding hydrogens is 380 g/mol. The van der Waals surface area contributed by atoms with Crippen molar-refractivity contribution in [2.24, 2.45) is 58.7 Å². The lowest BCUT2D eigenvalue weighted by Crippen LogP contribution is -2.49. The second-order valence-electron chi connectivity index (χ2n) is 13.1. The summed E-state index contributed by atoms with van der Waals surface area (Å²) in [5.41, 5.74) is 0.535. The molecule has 0 heterocycles. The van der Waals surface area contributed by atoms with Crippen molar-refractivity contribution in [1.29, 1.82) is 0 Å². The van der Waals surface area contributed by atoms with E-state index in [2.05, 4.69) is 34.6 Å². The third kappa shape index (κ3) is 4.51. The fourth-order valence-electron chi connectivity index (χ4n) is 9.48. The molecule has 2 unspecified atom stereocenters. The molecule has 180 valence electrons. The van der Waals surface area contributed by atoms with Crippen molar-refractivity contribution in [1.82, 2.24) is 0 Å². The molecule has 4 fully saturated rings. The minimum absolute atomic E-state index is 0.0620. The van der Waals surface area contributed by atoms with Crippen molar-refractivity contribution in [3.05, 3.63) is 0 Å². The summed E-state index contributed by atoms with van der Waals surface area (Å²) in [6.45, 7) is 11.6. The van der Waals surface area contributed by atoms with E-state index in [1.54, 1.807) is 0 Å². The molecule has 2 nitrogen and oxygen atoms in total. The summed E-state index contributed by atoms with van der Waals surface area (Å²) in [7, 11) is 0. The van der Waals surface area contributed by atoms with Gasteiger partial charge in [-0.3, -0.25) is 0 Å². The van der Waals surface area contributed by atoms with Crippen LogP contribution in [0.15, 0.2) is 0 Å². The molecular formula is C29H52O2. The molecule has 0 bridgehead atoms. The Morgan fingerprint density at radius 1 is 0.839 bits per heavy atom. The molecule has 4 saturated carbocycles. The van der Waals surface area contributed by atoms with Gasteiger partial charge in [0.1, 0.15) is 0 Å². The van der Waals surface area contributed by atoms with Gasteiger partial charge in [0.15, 0.2) is 0 Å². The number of rotatable bonds is 7. The molecule has 0 amide bonds. The van der Waals surface area contributed by atoms with Crippen LogP contribution in [-0.2, 0) is 0 Å². The van der Waals surface area contributed by atoms with Gasteiger partial charge in [0.2, 0.25) is 0 Å². The van der Waals surface area contributed by atoms with E-state index in [4.69, 9.17) is 0 Å². The number of aliphatic hydroxyl groups excluding tert-OH is 2. The third-order valence-electron chi connectivity index (χ3n) is 11.4. The number of hydrogen-bond acceptors (Lipinski definition) is 2. The normalized spacial score (nSPS) is 45.5. The molecule has 0 spiro atoms. The largest absolute Gasteiger partial charge is 0.393 e. The van der Waals surface area contributed by atoms with Crippen LogP contribution in [0, 0.1) is 58.7 Å². The van der Waals surface area contributed by atoms with E-state index < -0.39 is 0 Å². The molecule has 0 aromatic heterocycles. The van der Waals surface area contributed by atoms with Crippen LogP contribution in [-0.4, -0.2) is 22.4 Å². The van der Waals surface area contributed by atoms with E-state index in [0.717, 1.165) is 54.3 Å². The van der Waals surface area contributed by atoms with Crippen molar-refractivity contribution in [2.75, 3.05) is 0 Å². The highest BCUT2D eigenvalue weighted by atomic mass is 16.3. The Hall–Kier alpha value is -0.0800. The molecule has 0 aliphatic heterocycles. The molecule has 2 heteroatoms. The van der Waals surface area contributed by atoms with Gasteiger partial charge in [-0.15, -0.1) is 0 Å². The van der Waals surface area contributed by atoms with Crippen molar-refractivity contribution >= 4 is 0 Å². The van der Waals surface area contributed by atoms with Gasteiger partial charge < -0.3 is 10.2 Å². The van der Waals surface area contributed by atoms with Crippen LogP contribution < -0.4 is 0 Å². The van der Waals surface area contributed by atoms with Crippen molar-refractivity contribution in [3.63, 3.8) is 0 Å². The summed E-state index contributed by atoms with van der Waals surface area (Å²) in [6, 6.07) is 0. The van der Waals surface area contributed by atoms with Crippen LogP contribution in [0.1, 0.15) is 112 Å². The van der Waals surface area contributed by atoms with Crippen LogP contribution in [0.3, 0.4) is 0 Å². The molecule has 2 N–H and O–H groups in total. The molecule has 4 rings (SSSR count). The molecule has 0 saturated heterocycles. The van der Waals surface area contributed by atoms with Crippen LogP contribution >= 0.6 is 0 Å². The number of aliphatic hydroxyl groups is 2. The van der Waals surface area contributed by atoms with Gasteiger partial charge in [-0.2, -0.15) is 0 Å². The molecule has 31 heavy (non-hydrogen) atoms. The maximum absolute atomic E-state index is 10.6. The summed E-state index contributed by atoms with van der Waals surface area (Å²) in [5, 5.41) is 20.9. The smallest absolute Gasteiger partial charge is 0.0565 e. The maximum atomic E-state index is 10.6. The standard InChI is InChI=1S/C29H52O2/c1-6-27(30)21-9-8-20-10-11-23-22(24(20)17-21)15-16-29(5)25(12-13-26(23)29)19(4)7-14-28(31)18(2)3/h18-28,30-31H,6-17H2,1-5H3/t19-,20-,21?,22+,23-,24+,25-,26+,27?,28+,29-/m1/s1. The minimum atomic E-state index is -0.129.